The number of carbonyl (C=O) groups is 1. The Hall–Kier alpha value is -2.70. The molecule has 0 radical (unpaired) electrons. The van der Waals surface area contributed by atoms with Crippen molar-refractivity contribution in [2.24, 2.45) is 0 Å². The predicted octanol–water partition coefficient (Wildman–Crippen LogP) is 3.20. The number of benzene rings is 2. The van der Waals surface area contributed by atoms with Crippen molar-refractivity contribution >= 4 is 5.91 Å². The molecule has 3 rings (SSSR count). The fourth-order valence-corrected chi connectivity index (χ4v) is 2.60. The van der Waals surface area contributed by atoms with Gasteiger partial charge in [0.15, 0.2) is 11.5 Å². The van der Waals surface area contributed by atoms with Crippen molar-refractivity contribution in [2.45, 2.75) is 18.7 Å². The highest BCUT2D eigenvalue weighted by molar-refractivity contribution is 5.81. The van der Waals surface area contributed by atoms with E-state index >= 15 is 0 Å². The number of rotatable bonds is 4. The smallest absolute Gasteiger partial charge is 0.416 e. The molecule has 0 bridgehead atoms. The zero-order chi connectivity index (χ0) is 17.9. The van der Waals surface area contributed by atoms with Crippen molar-refractivity contribution in [2.75, 3.05) is 13.2 Å². The first kappa shape index (κ1) is 17.1. The lowest BCUT2D eigenvalue weighted by Gasteiger charge is -2.25. The van der Waals surface area contributed by atoms with E-state index in [0.29, 0.717) is 11.5 Å². The molecule has 25 heavy (non-hydrogen) atoms. The van der Waals surface area contributed by atoms with Crippen molar-refractivity contribution in [3.63, 3.8) is 0 Å². The van der Waals surface area contributed by atoms with E-state index < -0.39 is 23.8 Å². The van der Waals surface area contributed by atoms with Crippen LogP contribution in [-0.4, -0.2) is 25.2 Å². The van der Waals surface area contributed by atoms with Gasteiger partial charge in [0.1, 0.15) is 6.61 Å². The average Bonchev–Trinajstić information content (AvgIpc) is 2.60. The SMILES string of the molecule is O=C(NCCc1ccccc1C(F)(F)F)C1COc2ccccc2O1. The van der Waals surface area contributed by atoms with Gasteiger partial charge in [0, 0.05) is 6.54 Å². The van der Waals surface area contributed by atoms with Gasteiger partial charge in [-0.05, 0) is 30.2 Å². The molecule has 0 fully saturated rings. The Morgan fingerprint density at radius 3 is 2.52 bits per heavy atom. The second kappa shape index (κ2) is 7.04. The minimum atomic E-state index is -4.41. The van der Waals surface area contributed by atoms with E-state index in [2.05, 4.69) is 5.32 Å². The molecule has 1 amide bonds. The van der Waals surface area contributed by atoms with Crippen LogP contribution in [0.3, 0.4) is 0 Å². The van der Waals surface area contributed by atoms with Gasteiger partial charge in [0.25, 0.3) is 5.91 Å². The zero-order valence-corrected chi connectivity index (χ0v) is 13.2. The molecule has 1 N–H and O–H groups in total. The summed E-state index contributed by atoms with van der Waals surface area (Å²) in [7, 11) is 0. The van der Waals surface area contributed by atoms with Gasteiger partial charge in [-0.15, -0.1) is 0 Å². The molecule has 0 saturated heterocycles. The van der Waals surface area contributed by atoms with Crippen LogP contribution in [0.1, 0.15) is 11.1 Å². The van der Waals surface area contributed by atoms with E-state index in [0.717, 1.165) is 6.07 Å². The van der Waals surface area contributed by atoms with Crippen LogP contribution in [0.2, 0.25) is 0 Å². The summed E-state index contributed by atoms with van der Waals surface area (Å²) in [6, 6.07) is 12.3. The number of halogens is 3. The van der Waals surface area contributed by atoms with Crippen LogP contribution in [0, 0.1) is 0 Å². The van der Waals surface area contributed by atoms with Gasteiger partial charge in [-0.3, -0.25) is 4.79 Å². The molecule has 2 aromatic rings. The molecule has 0 aliphatic carbocycles. The lowest BCUT2D eigenvalue weighted by Crippen LogP contribution is -2.44. The fourth-order valence-electron chi connectivity index (χ4n) is 2.60. The summed E-state index contributed by atoms with van der Waals surface area (Å²) in [5, 5.41) is 2.60. The molecule has 1 heterocycles. The number of ether oxygens (including phenoxy) is 2. The van der Waals surface area contributed by atoms with Gasteiger partial charge in [-0.25, -0.2) is 0 Å². The van der Waals surface area contributed by atoms with Gasteiger partial charge in [0.2, 0.25) is 6.10 Å². The Kier molecular flexibility index (Phi) is 4.83. The minimum Gasteiger partial charge on any atom is -0.485 e. The van der Waals surface area contributed by atoms with Crippen molar-refractivity contribution < 1.29 is 27.4 Å². The summed E-state index contributed by atoms with van der Waals surface area (Å²) < 4.78 is 49.8. The Labute approximate surface area is 142 Å². The van der Waals surface area contributed by atoms with E-state index in [-0.39, 0.29) is 25.1 Å². The molecule has 4 nitrogen and oxygen atoms in total. The van der Waals surface area contributed by atoms with Gasteiger partial charge >= 0.3 is 6.18 Å². The predicted molar refractivity (Wildman–Crippen MR) is 84.5 cm³/mol. The molecule has 1 aliphatic heterocycles. The normalized spacial score (nSPS) is 16.4. The maximum atomic E-state index is 12.9. The summed E-state index contributed by atoms with van der Waals surface area (Å²) >= 11 is 0. The number of alkyl halides is 3. The molecule has 2 aromatic carbocycles. The summed E-state index contributed by atoms with van der Waals surface area (Å²) in [6.45, 7) is 0.134. The molecule has 132 valence electrons. The van der Waals surface area contributed by atoms with E-state index in [4.69, 9.17) is 9.47 Å². The molecule has 1 atom stereocenters. The molecule has 0 spiro atoms. The summed E-state index contributed by atoms with van der Waals surface area (Å²) in [5.41, 5.74) is -0.545. The van der Waals surface area contributed by atoms with Gasteiger partial charge in [0.05, 0.1) is 5.56 Å². The maximum Gasteiger partial charge on any atom is 0.416 e. The van der Waals surface area contributed by atoms with Crippen LogP contribution in [-0.2, 0) is 17.4 Å². The molecule has 1 unspecified atom stereocenters. The van der Waals surface area contributed by atoms with Crippen LogP contribution < -0.4 is 14.8 Å². The maximum absolute atomic E-state index is 12.9. The quantitative estimate of drug-likeness (QED) is 0.920. The van der Waals surface area contributed by atoms with Gasteiger partial charge < -0.3 is 14.8 Å². The van der Waals surface area contributed by atoms with Gasteiger partial charge in [-0.2, -0.15) is 13.2 Å². The second-order valence-corrected chi connectivity index (χ2v) is 5.56. The number of nitrogens with one attached hydrogen (secondary N) is 1. The third-order valence-electron chi connectivity index (χ3n) is 3.82. The lowest BCUT2D eigenvalue weighted by atomic mass is 10.0. The van der Waals surface area contributed by atoms with E-state index in [1.54, 1.807) is 30.3 Å². The monoisotopic (exact) mass is 351 g/mol. The molecular formula is C18H16F3NO3. The Morgan fingerprint density at radius 2 is 1.76 bits per heavy atom. The average molecular weight is 351 g/mol. The van der Waals surface area contributed by atoms with Crippen LogP contribution in [0.5, 0.6) is 11.5 Å². The second-order valence-electron chi connectivity index (χ2n) is 5.56. The van der Waals surface area contributed by atoms with Crippen LogP contribution in [0.4, 0.5) is 13.2 Å². The topological polar surface area (TPSA) is 47.6 Å². The summed E-state index contributed by atoms with van der Waals surface area (Å²) in [5.74, 6) is 0.612. The molecule has 1 aliphatic rings. The van der Waals surface area contributed by atoms with Crippen molar-refractivity contribution in [3.05, 3.63) is 59.7 Å². The molecule has 7 heteroatoms. The largest absolute Gasteiger partial charge is 0.485 e. The minimum absolute atomic E-state index is 0.0575. The first-order chi connectivity index (χ1) is 11.9. The Balaban J connectivity index is 1.56. The standard InChI is InChI=1S/C18H16F3NO3/c19-18(20,21)13-6-2-1-5-12(13)9-10-22-17(23)16-11-24-14-7-3-4-8-15(14)25-16/h1-8,16H,9-11H2,(H,22,23). The van der Waals surface area contributed by atoms with Crippen LogP contribution in [0.25, 0.3) is 0 Å². The molecular weight excluding hydrogens is 335 g/mol. The number of hydrogen-bond acceptors (Lipinski definition) is 3. The van der Waals surface area contributed by atoms with Crippen molar-refractivity contribution in [1.82, 2.24) is 5.32 Å². The van der Waals surface area contributed by atoms with Crippen molar-refractivity contribution in [1.29, 1.82) is 0 Å². The lowest BCUT2D eigenvalue weighted by molar-refractivity contribution is -0.138. The highest BCUT2D eigenvalue weighted by atomic mass is 19.4. The summed E-state index contributed by atoms with van der Waals surface area (Å²) in [6.07, 6.45) is -5.16. The Morgan fingerprint density at radius 1 is 1.08 bits per heavy atom. The first-order valence-electron chi connectivity index (χ1n) is 7.76. The highest BCUT2D eigenvalue weighted by Crippen LogP contribution is 2.32. The van der Waals surface area contributed by atoms with E-state index in [1.807, 2.05) is 0 Å². The van der Waals surface area contributed by atoms with Gasteiger partial charge in [-0.1, -0.05) is 30.3 Å². The molecule has 0 aromatic heterocycles. The number of hydrogen-bond donors (Lipinski definition) is 1. The number of carbonyl (C=O) groups excluding carboxylic acids is 1. The number of fused-ring (bicyclic) bond motifs is 1. The number of amides is 1. The fraction of sp³-hybridized carbons (Fsp3) is 0.278. The molecule has 0 saturated carbocycles. The summed E-state index contributed by atoms with van der Waals surface area (Å²) in [4.78, 5) is 12.1. The third kappa shape index (κ3) is 4.04. The van der Waals surface area contributed by atoms with Crippen molar-refractivity contribution in [3.8, 4) is 11.5 Å². The third-order valence-corrected chi connectivity index (χ3v) is 3.82. The highest BCUT2D eigenvalue weighted by Gasteiger charge is 2.33. The van der Waals surface area contributed by atoms with E-state index in [9.17, 15) is 18.0 Å². The van der Waals surface area contributed by atoms with E-state index in [1.165, 1.54) is 12.1 Å². The Bertz CT molecular complexity index is 761. The van der Waals surface area contributed by atoms with Crippen LogP contribution >= 0.6 is 0 Å². The first-order valence-corrected chi connectivity index (χ1v) is 7.76. The number of para-hydroxylation sites is 2. The zero-order valence-electron chi connectivity index (χ0n) is 13.2. The van der Waals surface area contributed by atoms with Crippen LogP contribution in [0.15, 0.2) is 48.5 Å².